The fourth-order valence-electron chi connectivity index (χ4n) is 4.17. The van der Waals surface area contributed by atoms with Crippen LogP contribution in [0.2, 0.25) is 0 Å². The standard InChI is InChI=1S/C28H23N3O2/c1-19-24(15-16-25(29-19)20-7-3-2-4-8-20)27(32)30-23-13-11-22(12-14-23)28(33)31-18-17-21-9-5-6-10-26(21)31/h2-16H,17-18H2,1H3,(H,30,32). The van der Waals surface area contributed by atoms with Gasteiger partial charge in [0, 0.05) is 29.0 Å². The highest BCUT2D eigenvalue weighted by Crippen LogP contribution is 2.29. The van der Waals surface area contributed by atoms with Gasteiger partial charge in [-0.15, -0.1) is 0 Å². The predicted octanol–water partition coefficient (Wildman–Crippen LogP) is 5.51. The molecule has 0 unspecified atom stereocenters. The van der Waals surface area contributed by atoms with Crippen LogP contribution in [-0.4, -0.2) is 23.3 Å². The molecule has 162 valence electrons. The average molecular weight is 434 g/mol. The van der Waals surface area contributed by atoms with Gasteiger partial charge >= 0.3 is 0 Å². The number of hydrogen-bond acceptors (Lipinski definition) is 3. The first-order valence-corrected chi connectivity index (χ1v) is 10.9. The minimum Gasteiger partial charge on any atom is -0.322 e. The summed E-state index contributed by atoms with van der Waals surface area (Å²) in [5, 5.41) is 2.91. The number of para-hydroxylation sites is 1. The van der Waals surface area contributed by atoms with E-state index in [1.54, 1.807) is 30.3 Å². The number of anilines is 2. The number of carbonyl (C=O) groups excluding carboxylic acids is 2. The lowest BCUT2D eigenvalue weighted by Crippen LogP contribution is -2.28. The second kappa shape index (κ2) is 8.71. The Morgan fingerprint density at radius 1 is 0.848 bits per heavy atom. The number of rotatable bonds is 4. The van der Waals surface area contributed by atoms with Gasteiger partial charge in [-0.3, -0.25) is 14.6 Å². The first-order valence-electron chi connectivity index (χ1n) is 10.9. The van der Waals surface area contributed by atoms with Crippen molar-refractivity contribution in [2.24, 2.45) is 0 Å². The lowest BCUT2D eigenvalue weighted by atomic mass is 10.1. The van der Waals surface area contributed by atoms with Crippen LogP contribution in [0, 0.1) is 6.92 Å². The lowest BCUT2D eigenvalue weighted by Gasteiger charge is -2.17. The zero-order chi connectivity index (χ0) is 22.8. The van der Waals surface area contributed by atoms with E-state index in [4.69, 9.17) is 0 Å². The Morgan fingerprint density at radius 2 is 1.58 bits per heavy atom. The van der Waals surface area contributed by atoms with Crippen molar-refractivity contribution in [2.45, 2.75) is 13.3 Å². The molecule has 1 aliphatic heterocycles. The first-order chi connectivity index (χ1) is 16.1. The smallest absolute Gasteiger partial charge is 0.258 e. The van der Waals surface area contributed by atoms with Crippen LogP contribution in [0.5, 0.6) is 0 Å². The molecule has 5 rings (SSSR count). The van der Waals surface area contributed by atoms with Crippen molar-refractivity contribution in [3.63, 3.8) is 0 Å². The average Bonchev–Trinajstić information content (AvgIpc) is 3.29. The third kappa shape index (κ3) is 4.13. The van der Waals surface area contributed by atoms with Gasteiger partial charge in [-0.25, -0.2) is 0 Å². The highest BCUT2D eigenvalue weighted by atomic mass is 16.2. The van der Waals surface area contributed by atoms with E-state index in [2.05, 4.69) is 16.4 Å². The molecule has 4 aromatic rings. The molecule has 5 heteroatoms. The van der Waals surface area contributed by atoms with Crippen LogP contribution in [0.1, 0.15) is 32.0 Å². The Hall–Kier alpha value is -4.25. The van der Waals surface area contributed by atoms with Crippen molar-refractivity contribution in [3.8, 4) is 11.3 Å². The molecule has 0 radical (unpaired) electrons. The molecule has 2 heterocycles. The predicted molar refractivity (Wildman–Crippen MR) is 131 cm³/mol. The van der Waals surface area contributed by atoms with Gasteiger partial charge < -0.3 is 10.2 Å². The van der Waals surface area contributed by atoms with Crippen molar-refractivity contribution >= 4 is 23.2 Å². The molecule has 1 aliphatic rings. The Morgan fingerprint density at radius 3 is 2.33 bits per heavy atom. The molecule has 0 spiro atoms. The van der Waals surface area contributed by atoms with E-state index in [-0.39, 0.29) is 11.8 Å². The van der Waals surface area contributed by atoms with Crippen LogP contribution in [0.3, 0.4) is 0 Å². The maximum atomic E-state index is 13.0. The molecule has 0 atom stereocenters. The lowest BCUT2D eigenvalue weighted by molar-refractivity contribution is 0.0988. The number of carbonyl (C=O) groups is 2. The van der Waals surface area contributed by atoms with Gasteiger partial charge in [-0.1, -0.05) is 48.5 Å². The molecule has 33 heavy (non-hydrogen) atoms. The van der Waals surface area contributed by atoms with Gasteiger partial charge in [-0.05, 0) is 61.4 Å². The van der Waals surface area contributed by atoms with Crippen LogP contribution in [0.4, 0.5) is 11.4 Å². The Labute approximate surface area is 192 Å². The highest BCUT2D eigenvalue weighted by Gasteiger charge is 2.25. The van der Waals surface area contributed by atoms with Gasteiger partial charge in [-0.2, -0.15) is 0 Å². The van der Waals surface area contributed by atoms with E-state index in [1.165, 1.54) is 5.56 Å². The van der Waals surface area contributed by atoms with E-state index in [0.717, 1.165) is 23.4 Å². The molecular weight excluding hydrogens is 410 g/mol. The number of aryl methyl sites for hydroxylation is 1. The molecule has 3 aromatic carbocycles. The molecule has 0 saturated carbocycles. The van der Waals surface area contributed by atoms with E-state index in [1.807, 2.05) is 66.4 Å². The first kappa shape index (κ1) is 20.6. The van der Waals surface area contributed by atoms with Gasteiger partial charge in [0.25, 0.3) is 11.8 Å². The van der Waals surface area contributed by atoms with Crippen LogP contribution < -0.4 is 10.2 Å². The minimum absolute atomic E-state index is 0.0330. The van der Waals surface area contributed by atoms with E-state index < -0.39 is 0 Å². The summed E-state index contributed by atoms with van der Waals surface area (Å²) in [7, 11) is 0. The van der Waals surface area contributed by atoms with Gasteiger partial charge in [0.05, 0.1) is 17.0 Å². The highest BCUT2D eigenvalue weighted by molar-refractivity contribution is 6.08. The third-order valence-corrected chi connectivity index (χ3v) is 5.92. The van der Waals surface area contributed by atoms with Crippen molar-refractivity contribution in [1.29, 1.82) is 0 Å². The summed E-state index contributed by atoms with van der Waals surface area (Å²) in [5.74, 6) is -0.262. The summed E-state index contributed by atoms with van der Waals surface area (Å²) in [6.07, 6.45) is 0.868. The fraction of sp³-hybridized carbons (Fsp3) is 0.107. The molecule has 2 amide bonds. The van der Waals surface area contributed by atoms with Crippen molar-refractivity contribution in [1.82, 2.24) is 4.98 Å². The molecule has 0 aliphatic carbocycles. The summed E-state index contributed by atoms with van der Waals surface area (Å²) >= 11 is 0. The van der Waals surface area contributed by atoms with E-state index >= 15 is 0 Å². The maximum Gasteiger partial charge on any atom is 0.258 e. The SMILES string of the molecule is Cc1nc(-c2ccccc2)ccc1C(=O)Nc1ccc(C(=O)N2CCc3ccccc32)cc1. The molecular formula is C28H23N3O2. The number of nitrogens with zero attached hydrogens (tertiary/aromatic N) is 2. The minimum atomic E-state index is -0.229. The number of benzene rings is 3. The fourth-order valence-corrected chi connectivity index (χ4v) is 4.17. The second-order valence-electron chi connectivity index (χ2n) is 8.06. The molecule has 0 saturated heterocycles. The van der Waals surface area contributed by atoms with Gasteiger partial charge in [0.15, 0.2) is 0 Å². The van der Waals surface area contributed by atoms with E-state index in [9.17, 15) is 9.59 Å². The van der Waals surface area contributed by atoms with Crippen molar-refractivity contribution in [2.75, 3.05) is 16.8 Å². The molecule has 5 nitrogen and oxygen atoms in total. The van der Waals surface area contributed by atoms with Crippen LogP contribution in [0.25, 0.3) is 11.3 Å². The number of amides is 2. The Bertz CT molecular complexity index is 1330. The maximum absolute atomic E-state index is 13.0. The number of pyridine rings is 1. The molecule has 0 bridgehead atoms. The normalized spacial score (nSPS) is 12.3. The molecule has 0 fully saturated rings. The Balaban J connectivity index is 1.29. The number of hydrogen-bond donors (Lipinski definition) is 1. The zero-order valence-corrected chi connectivity index (χ0v) is 18.3. The summed E-state index contributed by atoms with van der Waals surface area (Å²) in [6, 6.07) is 28.5. The molecule has 1 N–H and O–H groups in total. The van der Waals surface area contributed by atoms with Crippen LogP contribution in [0.15, 0.2) is 91.0 Å². The van der Waals surface area contributed by atoms with Crippen molar-refractivity contribution in [3.05, 3.63) is 113 Å². The van der Waals surface area contributed by atoms with Crippen LogP contribution in [-0.2, 0) is 6.42 Å². The van der Waals surface area contributed by atoms with Crippen LogP contribution >= 0.6 is 0 Å². The number of aromatic nitrogens is 1. The number of nitrogens with one attached hydrogen (secondary N) is 1. The van der Waals surface area contributed by atoms with E-state index in [0.29, 0.717) is 29.1 Å². The summed E-state index contributed by atoms with van der Waals surface area (Å²) < 4.78 is 0. The topological polar surface area (TPSA) is 62.3 Å². The zero-order valence-electron chi connectivity index (χ0n) is 18.3. The Kier molecular flexibility index (Phi) is 5.45. The second-order valence-corrected chi connectivity index (χ2v) is 8.06. The summed E-state index contributed by atoms with van der Waals surface area (Å²) in [4.78, 5) is 32.2. The monoisotopic (exact) mass is 433 g/mol. The largest absolute Gasteiger partial charge is 0.322 e. The summed E-state index contributed by atoms with van der Waals surface area (Å²) in [6.45, 7) is 2.51. The van der Waals surface area contributed by atoms with Gasteiger partial charge in [0.2, 0.25) is 0 Å². The molecule has 1 aromatic heterocycles. The third-order valence-electron chi connectivity index (χ3n) is 5.92. The van der Waals surface area contributed by atoms with Gasteiger partial charge in [0.1, 0.15) is 0 Å². The quantitative estimate of drug-likeness (QED) is 0.461. The van der Waals surface area contributed by atoms with Crippen molar-refractivity contribution < 1.29 is 9.59 Å². The number of fused-ring (bicyclic) bond motifs is 1. The summed E-state index contributed by atoms with van der Waals surface area (Å²) in [5.41, 5.74) is 6.40.